The first-order valence-corrected chi connectivity index (χ1v) is 5.83. The number of ether oxygens (including phenoxy) is 1. The Morgan fingerprint density at radius 1 is 1.53 bits per heavy atom. The molecule has 7 heteroatoms. The second-order valence-electron chi connectivity index (χ2n) is 3.83. The number of nitro benzene ring substituents is 1. The summed E-state index contributed by atoms with van der Waals surface area (Å²) in [6.45, 7) is 2.75. The zero-order valence-electron chi connectivity index (χ0n) is 10.4. The monoisotopic (exact) mass is 262 g/mol. The van der Waals surface area contributed by atoms with E-state index in [1.165, 1.54) is 6.07 Å². The lowest BCUT2D eigenvalue weighted by atomic mass is 10.2. The first kappa shape index (κ1) is 12.9. The molecular formula is C12H14N4O3. The van der Waals surface area contributed by atoms with E-state index in [1.807, 2.05) is 0 Å². The third-order valence-electron chi connectivity index (χ3n) is 2.51. The van der Waals surface area contributed by atoms with Crippen LogP contribution in [0.4, 0.5) is 11.4 Å². The molecule has 1 aromatic heterocycles. The highest BCUT2D eigenvalue weighted by atomic mass is 16.6. The van der Waals surface area contributed by atoms with E-state index >= 15 is 0 Å². The predicted molar refractivity (Wildman–Crippen MR) is 70.2 cm³/mol. The highest BCUT2D eigenvalue weighted by Gasteiger charge is 2.15. The first-order chi connectivity index (χ1) is 9.20. The number of hydrogen-bond donors (Lipinski definition) is 2. The van der Waals surface area contributed by atoms with Gasteiger partial charge in [0.25, 0.3) is 0 Å². The van der Waals surface area contributed by atoms with Crippen LogP contribution in [-0.2, 0) is 6.54 Å². The van der Waals surface area contributed by atoms with Crippen molar-refractivity contribution in [1.82, 2.24) is 10.2 Å². The molecule has 0 aliphatic heterocycles. The Balaban J connectivity index is 2.13. The zero-order chi connectivity index (χ0) is 13.7. The minimum atomic E-state index is -0.454. The lowest BCUT2D eigenvalue weighted by Gasteiger charge is -2.08. The first-order valence-electron chi connectivity index (χ1n) is 5.83. The van der Waals surface area contributed by atoms with Crippen LogP contribution in [0, 0.1) is 10.1 Å². The van der Waals surface area contributed by atoms with Crippen molar-refractivity contribution in [3.63, 3.8) is 0 Å². The van der Waals surface area contributed by atoms with Gasteiger partial charge in [-0.1, -0.05) is 0 Å². The molecule has 2 aromatic rings. The van der Waals surface area contributed by atoms with Crippen molar-refractivity contribution in [3.05, 3.63) is 46.3 Å². The van der Waals surface area contributed by atoms with E-state index in [1.54, 1.807) is 31.5 Å². The summed E-state index contributed by atoms with van der Waals surface area (Å²) < 4.78 is 5.28. The van der Waals surface area contributed by atoms with Crippen molar-refractivity contribution in [2.75, 3.05) is 11.9 Å². The van der Waals surface area contributed by atoms with Crippen LogP contribution < -0.4 is 10.1 Å². The van der Waals surface area contributed by atoms with Gasteiger partial charge in [-0.15, -0.1) is 0 Å². The van der Waals surface area contributed by atoms with Gasteiger partial charge in [0.05, 0.1) is 17.7 Å². The molecule has 0 amide bonds. The maximum absolute atomic E-state index is 10.8. The quantitative estimate of drug-likeness (QED) is 0.615. The summed E-state index contributed by atoms with van der Waals surface area (Å²) in [4.78, 5) is 10.4. The van der Waals surface area contributed by atoms with Gasteiger partial charge in [-0.2, -0.15) is 5.10 Å². The highest BCUT2D eigenvalue weighted by Crippen LogP contribution is 2.30. The fourth-order valence-electron chi connectivity index (χ4n) is 1.62. The molecule has 0 atom stereocenters. The Hall–Kier alpha value is -2.57. The maximum Gasteiger partial charge on any atom is 0.311 e. The molecule has 19 heavy (non-hydrogen) atoms. The van der Waals surface area contributed by atoms with E-state index in [0.717, 1.165) is 11.3 Å². The second kappa shape index (κ2) is 5.85. The largest absolute Gasteiger partial charge is 0.487 e. The highest BCUT2D eigenvalue weighted by molar-refractivity contribution is 5.58. The number of anilines is 1. The SMILES string of the molecule is CCOc1cc(NCc2cn[nH]c2)ccc1[N+](=O)[O-]. The van der Waals surface area contributed by atoms with Crippen molar-refractivity contribution in [1.29, 1.82) is 0 Å². The van der Waals surface area contributed by atoms with Crippen LogP contribution in [-0.4, -0.2) is 21.7 Å². The number of rotatable bonds is 6. The molecule has 0 bridgehead atoms. The van der Waals surface area contributed by atoms with Crippen LogP contribution >= 0.6 is 0 Å². The van der Waals surface area contributed by atoms with Gasteiger partial charge in [-0.25, -0.2) is 0 Å². The normalized spacial score (nSPS) is 10.2. The lowest BCUT2D eigenvalue weighted by Crippen LogP contribution is -2.01. The Labute approximate surface area is 109 Å². The Kier molecular flexibility index (Phi) is 3.97. The summed E-state index contributed by atoms with van der Waals surface area (Å²) in [5.41, 5.74) is 1.72. The Morgan fingerprint density at radius 3 is 3.00 bits per heavy atom. The maximum atomic E-state index is 10.8. The molecule has 2 N–H and O–H groups in total. The number of nitro groups is 1. The van der Waals surface area contributed by atoms with Crippen LogP contribution in [0.2, 0.25) is 0 Å². The summed E-state index contributed by atoms with van der Waals surface area (Å²) in [6, 6.07) is 4.71. The molecule has 0 radical (unpaired) electrons. The second-order valence-corrected chi connectivity index (χ2v) is 3.83. The van der Waals surface area contributed by atoms with Gasteiger partial charge >= 0.3 is 5.69 Å². The predicted octanol–water partition coefficient (Wildman–Crippen LogP) is 2.33. The minimum Gasteiger partial charge on any atom is -0.487 e. The van der Waals surface area contributed by atoms with Crippen LogP contribution in [0.25, 0.3) is 0 Å². The van der Waals surface area contributed by atoms with E-state index in [4.69, 9.17) is 4.74 Å². The summed E-state index contributed by atoms with van der Waals surface area (Å²) >= 11 is 0. The van der Waals surface area contributed by atoms with Crippen LogP contribution in [0.1, 0.15) is 12.5 Å². The molecule has 0 aliphatic rings. The molecule has 1 heterocycles. The number of nitrogens with one attached hydrogen (secondary N) is 2. The van der Waals surface area contributed by atoms with Gasteiger partial charge in [-0.05, 0) is 13.0 Å². The van der Waals surface area contributed by atoms with Crippen molar-refractivity contribution in [3.8, 4) is 5.75 Å². The molecule has 0 aliphatic carbocycles. The Morgan fingerprint density at radius 2 is 2.37 bits per heavy atom. The van der Waals surface area contributed by atoms with Gasteiger partial charge < -0.3 is 10.1 Å². The summed E-state index contributed by atoms with van der Waals surface area (Å²) in [5.74, 6) is 0.268. The number of aromatic amines is 1. The van der Waals surface area contributed by atoms with E-state index < -0.39 is 4.92 Å². The topological polar surface area (TPSA) is 93.1 Å². The summed E-state index contributed by atoms with van der Waals surface area (Å²) in [5, 5.41) is 20.6. The smallest absolute Gasteiger partial charge is 0.311 e. The third-order valence-corrected chi connectivity index (χ3v) is 2.51. The molecule has 0 unspecified atom stereocenters. The standard InChI is InChI=1S/C12H14N4O3/c1-2-19-12-5-10(3-4-11(12)16(17)18)13-6-9-7-14-15-8-9/h3-5,7-8,13H,2,6H2,1H3,(H,14,15). The third kappa shape index (κ3) is 3.21. The lowest BCUT2D eigenvalue weighted by molar-refractivity contribution is -0.385. The minimum absolute atomic E-state index is 0.0317. The number of aromatic nitrogens is 2. The average molecular weight is 262 g/mol. The summed E-state index contributed by atoms with van der Waals surface area (Å²) in [7, 11) is 0. The van der Waals surface area contributed by atoms with Gasteiger partial charge in [0.1, 0.15) is 0 Å². The van der Waals surface area contributed by atoms with Gasteiger partial charge in [0.15, 0.2) is 5.75 Å². The number of H-pyrrole nitrogens is 1. The van der Waals surface area contributed by atoms with Gasteiger partial charge in [0.2, 0.25) is 0 Å². The van der Waals surface area contributed by atoms with Crippen molar-refractivity contribution < 1.29 is 9.66 Å². The number of nitrogens with zero attached hydrogens (tertiary/aromatic N) is 2. The Bertz CT molecular complexity index is 554. The molecule has 7 nitrogen and oxygen atoms in total. The van der Waals surface area contributed by atoms with E-state index in [9.17, 15) is 10.1 Å². The van der Waals surface area contributed by atoms with E-state index in [0.29, 0.717) is 13.2 Å². The van der Waals surface area contributed by atoms with Crippen LogP contribution in [0.5, 0.6) is 5.75 Å². The fourth-order valence-corrected chi connectivity index (χ4v) is 1.62. The molecule has 0 saturated heterocycles. The van der Waals surface area contributed by atoms with Crippen LogP contribution in [0.3, 0.4) is 0 Å². The molecule has 0 spiro atoms. The zero-order valence-corrected chi connectivity index (χ0v) is 10.4. The molecule has 0 saturated carbocycles. The van der Waals surface area contributed by atoms with Crippen molar-refractivity contribution in [2.24, 2.45) is 0 Å². The summed E-state index contributed by atoms with van der Waals surface area (Å²) in [6.07, 6.45) is 3.49. The van der Waals surface area contributed by atoms with E-state index in [2.05, 4.69) is 15.5 Å². The van der Waals surface area contributed by atoms with Crippen molar-refractivity contribution >= 4 is 11.4 Å². The molecule has 100 valence electrons. The molecule has 2 rings (SSSR count). The fraction of sp³-hybridized carbons (Fsp3) is 0.250. The van der Waals surface area contributed by atoms with Gasteiger partial charge in [0, 0.05) is 36.1 Å². The van der Waals surface area contributed by atoms with E-state index in [-0.39, 0.29) is 11.4 Å². The van der Waals surface area contributed by atoms with Crippen LogP contribution in [0.15, 0.2) is 30.6 Å². The van der Waals surface area contributed by atoms with Crippen molar-refractivity contribution in [2.45, 2.75) is 13.5 Å². The number of hydrogen-bond acceptors (Lipinski definition) is 5. The van der Waals surface area contributed by atoms with Gasteiger partial charge in [-0.3, -0.25) is 15.2 Å². The molecule has 1 aromatic carbocycles. The molecule has 0 fully saturated rings. The number of benzene rings is 1. The molecular weight excluding hydrogens is 248 g/mol. The average Bonchev–Trinajstić information content (AvgIpc) is 2.90.